The van der Waals surface area contributed by atoms with Crippen LogP contribution in [0.2, 0.25) is 0 Å². The van der Waals surface area contributed by atoms with E-state index < -0.39 is 0 Å². The first-order chi connectivity index (χ1) is 8.19. The summed E-state index contributed by atoms with van der Waals surface area (Å²) in [4.78, 5) is 6.22. The fourth-order valence-corrected chi connectivity index (χ4v) is 2.18. The second-order valence-electron chi connectivity index (χ2n) is 3.71. The Hall–Kier alpha value is -2.06. The average Bonchev–Trinajstić information content (AvgIpc) is 2.76. The quantitative estimate of drug-likeness (QED) is 0.899. The molecule has 0 spiro atoms. The first-order valence-electron chi connectivity index (χ1n) is 5.10. The Kier molecular flexibility index (Phi) is 3.26. The van der Waals surface area contributed by atoms with Gasteiger partial charge in [-0.1, -0.05) is 23.5 Å². The van der Waals surface area contributed by atoms with Crippen LogP contribution in [0, 0.1) is 11.3 Å². The van der Waals surface area contributed by atoms with Crippen molar-refractivity contribution in [3.05, 3.63) is 41.6 Å². The van der Waals surface area contributed by atoms with E-state index in [9.17, 15) is 0 Å². The number of rotatable bonds is 3. The monoisotopic (exact) mass is 244 g/mol. The van der Waals surface area contributed by atoms with Crippen LogP contribution in [0.1, 0.15) is 11.1 Å². The van der Waals surface area contributed by atoms with Gasteiger partial charge in [-0.25, -0.2) is 4.98 Å². The maximum absolute atomic E-state index is 8.83. The summed E-state index contributed by atoms with van der Waals surface area (Å²) < 4.78 is 0. The molecule has 2 aromatic rings. The normalized spacial score (nSPS) is 9.88. The third-order valence-electron chi connectivity index (χ3n) is 2.31. The Morgan fingerprint density at radius 2 is 2.35 bits per heavy atom. The minimum Gasteiger partial charge on any atom is -0.389 e. The molecule has 0 aliphatic carbocycles. The smallest absolute Gasteiger partial charge is 0.187 e. The number of anilines is 2. The van der Waals surface area contributed by atoms with E-state index in [0.717, 1.165) is 10.7 Å². The molecule has 1 heterocycles. The third kappa shape index (κ3) is 2.74. The lowest BCUT2D eigenvalue weighted by molar-refractivity contribution is 0.914. The maximum Gasteiger partial charge on any atom is 0.187 e. The predicted molar refractivity (Wildman–Crippen MR) is 69.8 cm³/mol. The van der Waals surface area contributed by atoms with Crippen molar-refractivity contribution < 1.29 is 0 Å². The lowest BCUT2D eigenvalue weighted by atomic mass is 10.1. The molecule has 0 fully saturated rings. The Morgan fingerprint density at radius 1 is 1.53 bits per heavy atom. The van der Waals surface area contributed by atoms with Gasteiger partial charge in [0, 0.05) is 13.6 Å². The van der Waals surface area contributed by atoms with Crippen LogP contribution < -0.4 is 10.6 Å². The molecule has 0 atom stereocenters. The first kappa shape index (κ1) is 11.4. The molecule has 5 heteroatoms. The molecule has 0 amide bonds. The highest BCUT2D eigenvalue weighted by atomic mass is 32.1. The number of thiazole rings is 1. The molecule has 1 aromatic carbocycles. The zero-order chi connectivity index (χ0) is 12.3. The predicted octanol–water partition coefficient (Wildman–Crippen LogP) is 2.23. The molecule has 0 unspecified atom stereocenters. The lowest BCUT2D eigenvalue weighted by Crippen LogP contribution is -2.15. The molecule has 0 aliphatic heterocycles. The van der Waals surface area contributed by atoms with E-state index in [1.165, 1.54) is 11.3 Å². The number of benzene rings is 1. The van der Waals surface area contributed by atoms with Crippen LogP contribution in [0.15, 0.2) is 30.5 Å². The minimum atomic E-state index is 0.676. The Bertz CT molecular complexity index is 556. The third-order valence-corrected chi connectivity index (χ3v) is 3.25. The fourth-order valence-electron chi connectivity index (χ4n) is 1.53. The number of hydrogen-bond acceptors (Lipinski definition) is 5. The topological polar surface area (TPSA) is 65.9 Å². The molecular formula is C12H12N4S. The Balaban J connectivity index is 2.13. The van der Waals surface area contributed by atoms with E-state index in [1.807, 2.05) is 30.1 Å². The number of nitriles is 1. The average molecular weight is 244 g/mol. The number of nitrogen functional groups attached to an aromatic ring is 1. The van der Waals surface area contributed by atoms with Gasteiger partial charge in [-0.2, -0.15) is 5.26 Å². The van der Waals surface area contributed by atoms with Crippen molar-refractivity contribution in [1.82, 2.24) is 4.98 Å². The number of aromatic nitrogens is 1. The van der Waals surface area contributed by atoms with E-state index in [1.54, 1.807) is 12.3 Å². The second kappa shape index (κ2) is 4.85. The first-order valence-corrected chi connectivity index (χ1v) is 5.92. The molecule has 0 saturated heterocycles. The van der Waals surface area contributed by atoms with Crippen molar-refractivity contribution in [2.45, 2.75) is 6.54 Å². The summed E-state index contributed by atoms with van der Waals surface area (Å²) >= 11 is 1.45. The van der Waals surface area contributed by atoms with Gasteiger partial charge in [0.15, 0.2) is 5.13 Å². The van der Waals surface area contributed by atoms with Crippen LogP contribution in [0.5, 0.6) is 0 Å². The van der Waals surface area contributed by atoms with Crippen LogP contribution >= 0.6 is 11.3 Å². The maximum atomic E-state index is 8.83. The fraction of sp³-hybridized carbons (Fsp3) is 0.167. The van der Waals surface area contributed by atoms with Crippen LogP contribution in [0.25, 0.3) is 0 Å². The molecule has 0 bridgehead atoms. The molecule has 2 rings (SSSR count). The molecule has 2 N–H and O–H groups in total. The van der Waals surface area contributed by atoms with E-state index in [0.29, 0.717) is 17.1 Å². The van der Waals surface area contributed by atoms with Crippen molar-refractivity contribution in [3.63, 3.8) is 0 Å². The number of nitrogens with zero attached hydrogens (tertiary/aromatic N) is 3. The number of nitrogens with two attached hydrogens (primary N) is 1. The van der Waals surface area contributed by atoms with Crippen molar-refractivity contribution >= 4 is 21.5 Å². The molecule has 1 aromatic heterocycles. The highest BCUT2D eigenvalue weighted by Gasteiger charge is 2.06. The molecule has 0 aliphatic rings. The standard InChI is InChI=1S/C12H12N4S/c1-16(12-15-7-11(14)17-12)8-10-4-2-3-9(5-10)6-13/h2-5,7H,8,14H2,1H3. The molecule has 86 valence electrons. The van der Waals surface area contributed by atoms with E-state index in [4.69, 9.17) is 11.0 Å². The highest BCUT2D eigenvalue weighted by molar-refractivity contribution is 7.19. The van der Waals surface area contributed by atoms with Crippen molar-refractivity contribution in [2.75, 3.05) is 17.7 Å². The van der Waals surface area contributed by atoms with Gasteiger partial charge in [0.2, 0.25) is 0 Å². The molecular weight excluding hydrogens is 232 g/mol. The van der Waals surface area contributed by atoms with Crippen molar-refractivity contribution in [3.8, 4) is 6.07 Å². The van der Waals surface area contributed by atoms with E-state index in [-0.39, 0.29) is 0 Å². The number of hydrogen-bond donors (Lipinski definition) is 1. The largest absolute Gasteiger partial charge is 0.389 e. The van der Waals surface area contributed by atoms with Crippen molar-refractivity contribution in [1.29, 1.82) is 5.26 Å². The van der Waals surface area contributed by atoms with Gasteiger partial charge in [-0.3, -0.25) is 0 Å². The molecule has 0 radical (unpaired) electrons. The minimum absolute atomic E-state index is 0.676. The van der Waals surface area contributed by atoms with Gasteiger partial charge in [-0.15, -0.1) is 0 Å². The summed E-state index contributed by atoms with van der Waals surface area (Å²) in [5.74, 6) is 0. The van der Waals surface area contributed by atoms with Crippen LogP contribution in [-0.2, 0) is 6.54 Å². The van der Waals surface area contributed by atoms with E-state index in [2.05, 4.69) is 11.1 Å². The van der Waals surface area contributed by atoms with Gasteiger partial charge in [0.25, 0.3) is 0 Å². The zero-order valence-electron chi connectivity index (χ0n) is 9.42. The summed E-state index contributed by atoms with van der Waals surface area (Å²) in [7, 11) is 1.96. The molecule has 17 heavy (non-hydrogen) atoms. The van der Waals surface area contributed by atoms with Gasteiger partial charge >= 0.3 is 0 Å². The lowest BCUT2D eigenvalue weighted by Gasteiger charge is -2.15. The summed E-state index contributed by atoms with van der Waals surface area (Å²) in [5, 5.41) is 10.4. The highest BCUT2D eigenvalue weighted by Crippen LogP contribution is 2.24. The van der Waals surface area contributed by atoms with Crippen LogP contribution in [0.3, 0.4) is 0 Å². The van der Waals surface area contributed by atoms with Crippen LogP contribution in [-0.4, -0.2) is 12.0 Å². The molecule has 0 saturated carbocycles. The Morgan fingerprint density at radius 3 is 3.00 bits per heavy atom. The zero-order valence-corrected chi connectivity index (χ0v) is 10.2. The summed E-state index contributed by atoms with van der Waals surface area (Å²) in [6.45, 7) is 0.711. The van der Waals surface area contributed by atoms with Gasteiger partial charge < -0.3 is 10.6 Å². The van der Waals surface area contributed by atoms with Gasteiger partial charge in [0.1, 0.15) is 5.00 Å². The van der Waals surface area contributed by atoms with Crippen molar-refractivity contribution in [2.24, 2.45) is 0 Å². The second-order valence-corrected chi connectivity index (χ2v) is 4.75. The summed E-state index contributed by atoms with van der Waals surface area (Å²) in [6.07, 6.45) is 1.65. The Labute approximate surface area is 104 Å². The van der Waals surface area contributed by atoms with E-state index >= 15 is 0 Å². The molecule has 4 nitrogen and oxygen atoms in total. The van der Waals surface area contributed by atoms with Crippen LogP contribution in [0.4, 0.5) is 10.1 Å². The summed E-state index contributed by atoms with van der Waals surface area (Å²) in [5.41, 5.74) is 7.40. The SMILES string of the molecule is CN(Cc1cccc(C#N)c1)c1ncc(N)s1. The van der Waals surface area contributed by atoms with Gasteiger partial charge in [-0.05, 0) is 17.7 Å². The summed E-state index contributed by atoms with van der Waals surface area (Å²) in [6, 6.07) is 9.69. The van der Waals surface area contributed by atoms with Gasteiger partial charge in [0.05, 0.1) is 17.8 Å².